The largest absolute Gasteiger partial charge is 0.399 e. The summed E-state index contributed by atoms with van der Waals surface area (Å²) in [5.74, 6) is 0.658. The van der Waals surface area contributed by atoms with Crippen LogP contribution in [0, 0.1) is 0 Å². The highest BCUT2D eigenvalue weighted by Gasteiger charge is 2.14. The van der Waals surface area contributed by atoms with Crippen LogP contribution in [-0.4, -0.2) is 20.5 Å². The summed E-state index contributed by atoms with van der Waals surface area (Å²) in [6.45, 7) is 2.82. The third-order valence-electron chi connectivity index (χ3n) is 2.74. The summed E-state index contributed by atoms with van der Waals surface area (Å²) in [7, 11) is 0. The minimum Gasteiger partial charge on any atom is -0.399 e. The van der Waals surface area contributed by atoms with E-state index in [4.69, 9.17) is 5.73 Å². The van der Waals surface area contributed by atoms with Crippen LogP contribution in [0.5, 0.6) is 0 Å². The summed E-state index contributed by atoms with van der Waals surface area (Å²) in [5, 5.41) is 4.11. The van der Waals surface area contributed by atoms with Crippen molar-refractivity contribution in [3.8, 4) is 0 Å². The first kappa shape index (κ1) is 13.7. The molecule has 19 heavy (non-hydrogen) atoms. The molecule has 6 heteroatoms. The average molecular weight is 323 g/mol. The smallest absolute Gasteiger partial charge is 0.171 e. The molecule has 100 valence electrons. The van der Waals surface area contributed by atoms with Gasteiger partial charge in [0.2, 0.25) is 0 Å². The van der Waals surface area contributed by atoms with Crippen molar-refractivity contribution in [2.45, 2.75) is 26.3 Å². The van der Waals surface area contributed by atoms with Gasteiger partial charge in [0.25, 0.3) is 0 Å². The first-order valence-corrected chi connectivity index (χ1v) is 6.86. The van der Waals surface area contributed by atoms with Crippen molar-refractivity contribution in [2.75, 3.05) is 5.73 Å². The number of nitrogen functional groups attached to an aromatic ring is 1. The standard InChI is InChI=1S/C13H15BrN4O/c1-2-5-18-13(16-8-17-18)7-12(19)10-6-9(15)3-4-11(10)14/h3-4,6,8H,2,5,7,15H2,1H3. The van der Waals surface area contributed by atoms with Crippen molar-refractivity contribution in [3.63, 3.8) is 0 Å². The zero-order valence-electron chi connectivity index (χ0n) is 10.6. The topological polar surface area (TPSA) is 73.8 Å². The van der Waals surface area contributed by atoms with Crippen LogP contribution in [0.2, 0.25) is 0 Å². The number of hydrogen-bond donors (Lipinski definition) is 1. The van der Waals surface area contributed by atoms with Crippen LogP contribution in [0.15, 0.2) is 29.0 Å². The Hall–Kier alpha value is -1.69. The Bertz CT molecular complexity index is 594. The summed E-state index contributed by atoms with van der Waals surface area (Å²) in [6, 6.07) is 5.20. The maximum absolute atomic E-state index is 12.3. The molecular weight excluding hydrogens is 308 g/mol. The number of Topliss-reactive ketones (excluding diaryl/α,β-unsaturated/α-hetero) is 1. The predicted octanol–water partition coefficient (Wildman–Crippen LogP) is 2.46. The van der Waals surface area contributed by atoms with Gasteiger partial charge < -0.3 is 5.73 Å². The molecule has 2 aromatic rings. The monoisotopic (exact) mass is 322 g/mol. The van der Waals surface area contributed by atoms with Crippen LogP contribution in [0.25, 0.3) is 0 Å². The molecule has 2 N–H and O–H groups in total. The minimum atomic E-state index is -0.0236. The van der Waals surface area contributed by atoms with Gasteiger partial charge in [0.15, 0.2) is 5.78 Å². The van der Waals surface area contributed by atoms with Gasteiger partial charge in [-0.25, -0.2) is 9.67 Å². The van der Waals surface area contributed by atoms with Gasteiger partial charge in [-0.05, 0) is 24.6 Å². The molecule has 0 fully saturated rings. The first-order chi connectivity index (χ1) is 9.11. The Balaban J connectivity index is 2.21. The second kappa shape index (κ2) is 5.97. The van der Waals surface area contributed by atoms with E-state index in [0.29, 0.717) is 17.1 Å². The molecule has 1 aromatic carbocycles. The average Bonchev–Trinajstić information content (AvgIpc) is 2.80. The van der Waals surface area contributed by atoms with E-state index in [1.165, 1.54) is 6.33 Å². The Morgan fingerprint density at radius 3 is 3.00 bits per heavy atom. The molecule has 0 aliphatic carbocycles. The third kappa shape index (κ3) is 3.20. The van der Waals surface area contributed by atoms with E-state index in [1.54, 1.807) is 22.9 Å². The fourth-order valence-corrected chi connectivity index (χ4v) is 2.29. The van der Waals surface area contributed by atoms with Gasteiger partial charge in [0.1, 0.15) is 12.2 Å². The van der Waals surface area contributed by atoms with Crippen molar-refractivity contribution in [1.29, 1.82) is 0 Å². The summed E-state index contributed by atoms with van der Waals surface area (Å²) in [4.78, 5) is 16.4. The molecule has 0 atom stereocenters. The van der Waals surface area contributed by atoms with Gasteiger partial charge in [0, 0.05) is 22.3 Å². The fraction of sp³-hybridized carbons (Fsp3) is 0.308. The Labute approximate surface area is 120 Å². The van der Waals surface area contributed by atoms with Crippen LogP contribution in [0.1, 0.15) is 29.5 Å². The Morgan fingerprint density at radius 2 is 2.26 bits per heavy atom. The van der Waals surface area contributed by atoms with Crippen molar-refractivity contribution < 1.29 is 4.79 Å². The SMILES string of the molecule is CCCn1ncnc1CC(=O)c1cc(N)ccc1Br. The maximum Gasteiger partial charge on any atom is 0.171 e. The fourth-order valence-electron chi connectivity index (χ4n) is 1.82. The summed E-state index contributed by atoms with van der Waals surface area (Å²) < 4.78 is 2.51. The number of benzene rings is 1. The van der Waals surface area contributed by atoms with Gasteiger partial charge in [-0.1, -0.05) is 22.9 Å². The lowest BCUT2D eigenvalue weighted by molar-refractivity contribution is 0.0988. The number of carbonyl (C=O) groups is 1. The van der Waals surface area contributed by atoms with Crippen molar-refractivity contribution >= 4 is 27.4 Å². The minimum absolute atomic E-state index is 0.0236. The Kier molecular flexibility index (Phi) is 4.31. The van der Waals surface area contributed by atoms with Gasteiger partial charge in [-0.2, -0.15) is 5.10 Å². The number of anilines is 1. The molecule has 0 saturated carbocycles. The number of ketones is 1. The van der Waals surface area contributed by atoms with Crippen LogP contribution >= 0.6 is 15.9 Å². The molecule has 0 unspecified atom stereocenters. The molecule has 1 heterocycles. The molecule has 0 bridgehead atoms. The highest BCUT2D eigenvalue weighted by atomic mass is 79.9. The second-order valence-electron chi connectivity index (χ2n) is 4.24. The predicted molar refractivity (Wildman–Crippen MR) is 76.9 cm³/mol. The zero-order valence-corrected chi connectivity index (χ0v) is 12.2. The molecule has 1 aromatic heterocycles. The number of carbonyl (C=O) groups excluding carboxylic acids is 1. The number of nitrogens with two attached hydrogens (primary N) is 1. The number of hydrogen-bond acceptors (Lipinski definition) is 4. The van der Waals surface area contributed by atoms with Gasteiger partial charge in [0.05, 0.1) is 6.42 Å². The van der Waals surface area contributed by atoms with Gasteiger partial charge in [-0.3, -0.25) is 4.79 Å². The van der Waals surface area contributed by atoms with Crippen LogP contribution in [0.4, 0.5) is 5.69 Å². The van der Waals surface area contributed by atoms with E-state index < -0.39 is 0 Å². The number of aryl methyl sites for hydroxylation is 1. The molecule has 0 aliphatic rings. The molecule has 0 amide bonds. The van der Waals surface area contributed by atoms with Gasteiger partial charge >= 0.3 is 0 Å². The molecular formula is C13H15BrN4O. The van der Waals surface area contributed by atoms with E-state index in [-0.39, 0.29) is 12.2 Å². The highest BCUT2D eigenvalue weighted by molar-refractivity contribution is 9.10. The molecule has 2 rings (SSSR count). The molecule has 0 saturated heterocycles. The van der Waals surface area contributed by atoms with E-state index >= 15 is 0 Å². The number of aromatic nitrogens is 3. The number of nitrogens with zero attached hydrogens (tertiary/aromatic N) is 3. The number of rotatable bonds is 5. The van der Waals surface area contributed by atoms with Crippen LogP contribution in [0.3, 0.4) is 0 Å². The van der Waals surface area contributed by atoms with E-state index in [1.807, 2.05) is 0 Å². The lowest BCUT2D eigenvalue weighted by Gasteiger charge is -2.06. The maximum atomic E-state index is 12.3. The molecule has 0 aliphatic heterocycles. The third-order valence-corrected chi connectivity index (χ3v) is 3.43. The quantitative estimate of drug-likeness (QED) is 0.677. The summed E-state index contributed by atoms with van der Waals surface area (Å²) in [6.07, 6.45) is 2.65. The second-order valence-corrected chi connectivity index (χ2v) is 5.09. The summed E-state index contributed by atoms with van der Waals surface area (Å²) >= 11 is 3.37. The molecule has 0 spiro atoms. The van der Waals surface area contributed by atoms with Crippen molar-refractivity contribution in [3.05, 3.63) is 40.4 Å². The van der Waals surface area contributed by atoms with E-state index in [2.05, 4.69) is 32.9 Å². The normalized spacial score (nSPS) is 10.6. The Morgan fingerprint density at radius 1 is 1.47 bits per heavy atom. The molecule has 0 radical (unpaired) electrons. The van der Waals surface area contributed by atoms with E-state index in [0.717, 1.165) is 17.4 Å². The van der Waals surface area contributed by atoms with Crippen LogP contribution < -0.4 is 5.73 Å². The number of halogens is 1. The lowest BCUT2D eigenvalue weighted by atomic mass is 10.1. The zero-order chi connectivity index (χ0) is 13.8. The van der Waals surface area contributed by atoms with Crippen molar-refractivity contribution in [2.24, 2.45) is 0 Å². The summed E-state index contributed by atoms with van der Waals surface area (Å²) in [5.41, 5.74) is 6.86. The lowest BCUT2D eigenvalue weighted by Crippen LogP contribution is -2.12. The van der Waals surface area contributed by atoms with Crippen LogP contribution in [-0.2, 0) is 13.0 Å². The first-order valence-electron chi connectivity index (χ1n) is 6.06. The highest BCUT2D eigenvalue weighted by Crippen LogP contribution is 2.21. The van der Waals surface area contributed by atoms with Crippen molar-refractivity contribution in [1.82, 2.24) is 14.8 Å². The molecule has 5 nitrogen and oxygen atoms in total. The van der Waals surface area contributed by atoms with Gasteiger partial charge in [-0.15, -0.1) is 0 Å². The van der Waals surface area contributed by atoms with E-state index in [9.17, 15) is 4.79 Å².